The molecule has 66 valence electrons. The molecule has 1 aliphatic carbocycles. The lowest BCUT2D eigenvalue weighted by Crippen LogP contribution is -2.05. The highest BCUT2D eigenvalue weighted by atomic mass is 15.5. The highest BCUT2D eigenvalue weighted by Crippen LogP contribution is 2.41. The van der Waals surface area contributed by atoms with Crippen LogP contribution in [0.1, 0.15) is 19.8 Å². The van der Waals surface area contributed by atoms with Gasteiger partial charge in [-0.05, 0) is 18.3 Å². The maximum absolute atomic E-state index is 5.45. The summed E-state index contributed by atoms with van der Waals surface area (Å²) < 4.78 is 0. The van der Waals surface area contributed by atoms with Gasteiger partial charge < -0.3 is 5.73 Å². The largest absolute Gasteiger partial charge is 0.381 e. The van der Waals surface area contributed by atoms with E-state index in [0.717, 1.165) is 18.4 Å². The third kappa shape index (κ3) is 1.42. The van der Waals surface area contributed by atoms with Crippen LogP contribution in [0.15, 0.2) is 6.20 Å². The molecule has 1 fully saturated rings. The standard InChI is InChI=1S/C8H14N4/c1-2-6-3-7(6)5-12-10-4-8(9)11-12/h4,6-7H,2-3,5H2,1H3,(H2,9,11)/t6-,7+/m1/s1. The summed E-state index contributed by atoms with van der Waals surface area (Å²) in [6, 6.07) is 0. The van der Waals surface area contributed by atoms with Crippen molar-refractivity contribution in [1.82, 2.24) is 15.0 Å². The third-order valence-corrected chi connectivity index (χ3v) is 2.55. The monoisotopic (exact) mass is 166 g/mol. The Morgan fingerprint density at radius 3 is 3.00 bits per heavy atom. The predicted molar refractivity (Wildman–Crippen MR) is 46.3 cm³/mol. The molecule has 1 aromatic heterocycles. The minimum atomic E-state index is 0.517. The van der Waals surface area contributed by atoms with E-state index < -0.39 is 0 Å². The van der Waals surface area contributed by atoms with Crippen LogP contribution in [0, 0.1) is 11.8 Å². The van der Waals surface area contributed by atoms with Crippen molar-refractivity contribution in [1.29, 1.82) is 0 Å². The molecule has 0 aromatic carbocycles. The van der Waals surface area contributed by atoms with Crippen LogP contribution in [0.4, 0.5) is 5.82 Å². The van der Waals surface area contributed by atoms with Crippen LogP contribution in [0.3, 0.4) is 0 Å². The summed E-state index contributed by atoms with van der Waals surface area (Å²) in [5.41, 5.74) is 5.45. The van der Waals surface area contributed by atoms with Crippen LogP contribution in [0.25, 0.3) is 0 Å². The Hall–Kier alpha value is -1.06. The molecule has 12 heavy (non-hydrogen) atoms. The molecule has 2 atom stereocenters. The van der Waals surface area contributed by atoms with Gasteiger partial charge in [0.25, 0.3) is 0 Å². The van der Waals surface area contributed by atoms with E-state index in [1.54, 1.807) is 11.0 Å². The van der Waals surface area contributed by atoms with E-state index in [2.05, 4.69) is 17.1 Å². The summed E-state index contributed by atoms with van der Waals surface area (Å²) in [5, 5.41) is 8.09. The van der Waals surface area contributed by atoms with Gasteiger partial charge in [0, 0.05) is 0 Å². The van der Waals surface area contributed by atoms with Gasteiger partial charge in [-0.1, -0.05) is 13.3 Å². The van der Waals surface area contributed by atoms with Gasteiger partial charge in [0.15, 0.2) is 5.82 Å². The predicted octanol–water partition coefficient (Wildman–Crippen LogP) is 0.906. The first-order valence-electron chi connectivity index (χ1n) is 4.45. The summed E-state index contributed by atoms with van der Waals surface area (Å²) in [6.07, 6.45) is 4.21. The summed E-state index contributed by atoms with van der Waals surface area (Å²) >= 11 is 0. The summed E-state index contributed by atoms with van der Waals surface area (Å²) in [4.78, 5) is 1.70. The molecule has 0 aliphatic heterocycles. The van der Waals surface area contributed by atoms with E-state index in [1.165, 1.54) is 12.8 Å². The highest BCUT2D eigenvalue weighted by Gasteiger charge is 2.35. The second-order valence-electron chi connectivity index (χ2n) is 3.49. The first-order valence-corrected chi connectivity index (χ1v) is 4.45. The molecule has 0 unspecified atom stereocenters. The van der Waals surface area contributed by atoms with E-state index in [-0.39, 0.29) is 0 Å². The molecule has 0 radical (unpaired) electrons. The lowest BCUT2D eigenvalue weighted by atomic mass is 10.2. The first kappa shape index (κ1) is 7.58. The van der Waals surface area contributed by atoms with Crippen molar-refractivity contribution in [3.05, 3.63) is 6.20 Å². The number of rotatable bonds is 3. The minimum Gasteiger partial charge on any atom is -0.381 e. The fraction of sp³-hybridized carbons (Fsp3) is 0.750. The molecule has 0 amide bonds. The molecule has 1 aromatic rings. The van der Waals surface area contributed by atoms with Crippen molar-refractivity contribution in [2.24, 2.45) is 11.8 Å². The normalized spacial score (nSPS) is 27.4. The summed E-state index contributed by atoms with van der Waals surface area (Å²) in [5.74, 6) is 2.21. The van der Waals surface area contributed by atoms with Crippen molar-refractivity contribution in [3.63, 3.8) is 0 Å². The molecule has 4 heteroatoms. The SMILES string of the molecule is CC[C@@H]1C[C@H]1Cn1ncc(N)n1. The summed E-state index contributed by atoms with van der Waals surface area (Å²) in [7, 11) is 0. The second-order valence-corrected chi connectivity index (χ2v) is 3.49. The van der Waals surface area contributed by atoms with Crippen LogP contribution in [0.2, 0.25) is 0 Å². The number of nitrogens with zero attached hydrogens (tertiary/aromatic N) is 3. The number of hydrogen-bond acceptors (Lipinski definition) is 3. The molecule has 0 spiro atoms. The van der Waals surface area contributed by atoms with E-state index in [1.807, 2.05) is 0 Å². The molecular weight excluding hydrogens is 152 g/mol. The Morgan fingerprint density at radius 1 is 1.67 bits per heavy atom. The molecular formula is C8H14N4. The maximum atomic E-state index is 5.45. The molecule has 4 nitrogen and oxygen atoms in total. The van der Waals surface area contributed by atoms with Gasteiger partial charge >= 0.3 is 0 Å². The van der Waals surface area contributed by atoms with Crippen LogP contribution in [-0.2, 0) is 6.54 Å². The molecule has 1 aliphatic rings. The fourth-order valence-corrected chi connectivity index (χ4v) is 1.64. The van der Waals surface area contributed by atoms with E-state index in [0.29, 0.717) is 5.82 Å². The Balaban J connectivity index is 1.89. The molecule has 1 heterocycles. The van der Waals surface area contributed by atoms with Crippen molar-refractivity contribution >= 4 is 5.82 Å². The molecule has 2 N–H and O–H groups in total. The van der Waals surface area contributed by atoms with Gasteiger partial charge in [-0.15, -0.1) is 5.10 Å². The Bertz CT molecular complexity index is 268. The van der Waals surface area contributed by atoms with Crippen molar-refractivity contribution in [3.8, 4) is 0 Å². The van der Waals surface area contributed by atoms with Crippen LogP contribution < -0.4 is 5.73 Å². The zero-order chi connectivity index (χ0) is 8.55. The number of aromatic nitrogens is 3. The quantitative estimate of drug-likeness (QED) is 0.726. The average molecular weight is 166 g/mol. The van der Waals surface area contributed by atoms with Gasteiger partial charge in [-0.2, -0.15) is 9.90 Å². The second kappa shape index (κ2) is 2.77. The van der Waals surface area contributed by atoms with Crippen molar-refractivity contribution in [2.45, 2.75) is 26.3 Å². The molecule has 1 saturated carbocycles. The Morgan fingerprint density at radius 2 is 2.50 bits per heavy atom. The Labute approximate surface area is 71.8 Å². The highest BCUT2D eigenvalue weighted by molar-refractivity contribution is 5.19. The van der Waals surface area contributed by atoms with Crippen LogP contribution >= 0.6 is 0 Å². The molecule has 0 saturated heterocycles. The van der Waals surface area contributed by atoms with Crippen LogP contribution in [0.5, 0.6) is 0 Å². The van der Waals surface area contributed by atoms with Crippen LogP contribution in [-0.4, -0.2) is 15.0 Å². The van der Waals surface area contributed by atoms with Gasteiger partial charge in [-0.25, -0.2) is 0 Å². The lowest BCUT2D eigenvalue weighted by molar-refractivity contribution is 0.474. The van der Waals surface area contributed by atoms with Crippen molar-refractivity contribution in [2.75, 3.05) is 5.73 Å². The number of nitrogens with two attached hydrogens (primary N) is 1. The van der Waals surface area contributed by atoms with Gasteiger partial charge in [0.1, 0.15) is 0 Å². The summed E-state index contributed by atoms with van der Waals surface area (Å²) in [6.45, 7) is 3.17. The smallest absolute Gasteiger partial charge is 0.165 e. The molecule has 2 rings (SSSR count). The molecule has 0 bridgehead atoms. The number of anilines is 1. The zero-order valence-corrected chi connectivity index (χ0v) is 7.27. The average Bonchev–Trinajstić information content (AvgIpc) is 2.67. The fourth-order valence-electron chi connectivity index (χ4n) is 1.64. The topological polar surface area (TPSA) is 56.7 Å². The zero-order valence-electron chi connectivity index (χ0n) is 7.27. The van der Waals surface area contributed by atoms with Crippen molar-refractivity contribution < 1.29 is 0 Å². The maximum Gasteiger partial charge on any atom is 0.165 e. The third-order valence-electron chi connectivity index (χ3n) is 2.55. The van der Waals surface area contributed by atoms with Gasteiger partial charge in [-0.3, -0.25) is 0 Å². The lowest BCUT2D eigenvalue weighted by Gasteiger charge is -1.96. The van der Waals surface area contributed by atoms with Gasteiger partial charge in [0.2, 0.25) is 0 Å². The van der Waals surface area contributed by atoms with E-state index >= 15 is 0 Å². The first-order chi connectivity index (χ1) is 5.79. The van der Waals surface area contributed by atoms with E-state index in [4.69, 9.17) is 5.73 Å². The Kier molecular flexibility index (Phi) is 1.75. The number of hydrogen-bond donors (Lipinski definition) is 1. The number of nitrogen functional groups attached to an aromatic ring is 1. The van der Waals surface area contributed by atoms with E-state index in [9.17, 15) is 0 Å². The van der Waals surface area contributed by atoms with Gasteiger partial charge in [0.05, 0.1) is 12.7 Å². The minimum absolute atomic E-state index is 0.517.